The lowest BCUT2D eigenvalue weighted by molar-refractivity contribution is -0.142. The Morgan fingerprint density at radius 1 is 1.28 bits per heavy atom. The maximum absolute atomic E-state index is 11.7. The molecule has 0 aromatic carbocycles. The average Bonchev–Trinajstić information content (AvgIpc) is 2.80. The van der Waals surface area contributed by atoms with E-state index in [2.05, 4.69) is 5.32 Å². The predicted molar refractivity (Wildman–Crippen MR) is 70.2 cm³/mol. The molecule has 0 aromatic rings. The number of rotatable bonds is 7. The number of aliphatic carboxylic acids is 1. The molecule has 1 saturated carbocycles. The van der Waals surface area contributed by atoms with Crippen LogP contribution in [0.2, 0.25) is 0 Å². The van der Waals surface area contributed by atoms with E-state index in [9.17, 15) is 9.59 Å². The minimum absolute atomic E-state index is 0.0198. The van der Waals surface area contributed by atoms with Crippen molar-refractivity contribution in [2.24, 2.45) is 11.8 Å². The molecule has 0 bridgehead atoms. The molecule has 2 N–H and O–H groups in total. The van der Waals surface area contributed by atoms with Gasteiger partial charge in [-0.05, 0) is 32.6 Å². The van der Waals surface area contributed by atoms with Crippen molar-refractivity contribution in [3.8, 4) is 0 Å². The zero-order valence-corrected chi connectivity index (χ0v) is 11.4. The quantitative estimate of drug-likeness (QED) is 0.734. The van der Waals surface area contributed by atoms with E-state index >= 15 is 0 Å². The summed E-state index contributed by atoms with van der Waals surface area (Å²) in [7, 11) is 0. The topological polar surface area (TPSA) is 66.4 Å². The molecule has 104 valence electrons. The maximum Gasteiger partial charge on any atom is 0.308 e. The minimum atomic E-state index is -0.867. The van der Waals surface area contributed by atoms with Gasteiger partial charge in [-0.1, -0.05) is 25.7 Å². The largest absolute Gasteiger partial charge is 0.481 e. The lowest BCUT2D eigenvalue weighted by Crippen LogP contribution is -2.39. The van der Waals surface area contributed by atoms with E-state index in [1.807, 2.05) is 0 Å². The van der Waals surface area contributed by atoms with Gasteiger partial charge in [0.05, 0.1) is 5.92 Å². The van der Waals surface area contributed by atoms with Gasteiger partial charge in [-0.25, -0.2) is 0 Å². The van der Waals surface area contributed by atoms with Crippen molar-refractivity contribution in [1.82, 2.24) is 5.32 Å². The van der Waals surface area contributed by atoms with Gasteiger partial charge in [-0.15, -0.1) is 0 Å². The Kier molecular flexibility index (Phi) is 6.16. The Bertz CT molecular complexity index is 285. The number of hydrogen-bond donors (Lipinski definition) is 2. The van der Waals surface area contributed by atoms with E-state index < -0.39 is 11.9 Å². The number of carbonyl (C=O) groups excluding carboxylic acids is 1. The number of hydrogen-bond acceptors (Lipinski definition) is 2. The first-order chi connectivity index (χ1) is 8.50. The van der Waals surface area contributed by atoms with Crippen LogP contribution in [0.1, 0.15) is 58.8 Å². The summed E-state index contributed by atoms with van der Waals surface area (Å²) < 4.78 is 0. The molecule has 1 amide bonds. The van der Waals surface area contributed by atoms with Crippen LogP contribution < -0.4 is 5.32 Å². The second kappa shape index (κ2) is 7.39. The molecule has 2 unspecified atom stereocenters. The summed E-state index contributed by atoms with van der Waals surface area (Å²) in [4.78, 5) is 22.4. The van der Waals surface area contributed by atoms with Gasteiger partial charge in [0, 0.05) is 12.5 Å². The lowest BCUT2D eigenvalue weighted by atomic mass is 10.00. The fraction of sp³-hybridized carbons (Fsp3) is 0.857. The molecule has 0 radical (unpaired) electrons. The van der Waals surface area contributed by atoms with Gasteiger partial charge in [-0.2, -0.15) is 0 Å². The Hall–Kier alpha value is -1.06. The zero-order chi connectivity index (χ0) is 13.5. The number of carboxylic acid groups (broad SMARTS) is 1. The molecular formula is C14H25NO3. The minimum Gasteiger partial charge on any atom is -0.481 e. The molecule has 1 aliphatic carbocycles. The maximum atomic E-state index is 11.7. The summed E-state index contributed by atoms with van der Waals surface area (Å²) in [6.07, 6.45) is 7.88. The first-order valence-corrected chi connectivity index (χ1v) is 7.03. The van der Waals surface area contributed by atoms with Crippen LogP contribution in [0, 0.1) is 11.8 Å². The molecule has 1 fully saturated rings. The van der Waals surface area contributed by atoms with Gasteiger partial charge >= 0.3 is 5.97 Å². The molecule has 0 aromatic heterocycles. The van der Waals surface area contributed by atoms with Gasteiger partial charge in [0.1, 0.15) is 0 Å². The van der Waals surface area contributed by atoms with Gasteiger partial charge < -0.3 is 10.4 Å². The molecule has 1 rings (SSSR count). The Balaban J connectivity index is 2.14. The summed E-state index contributed by atoms with van der Waals surface area (Å²) >= 11 is 0. The predicted octanol–water partition coefficient (Wildman–Crippen LogP) is 2.57. The second-order valence-electron chi connectivity index (χ2n) is 5.53. The highest BCUT2D eigenvalue weighted by molar-refractivity contribution is 5.77. The fourth-order valence-corrected chi connectivity index (χ4v) is 2.52. The third-order valence-corrected chi connectivity index (χ3v) is 4.02. The molecule has 4 nitrogen and oxygen atoms in total. The summed E-state index contributed by atoms with van der Waals surface area (Å²) in [5, 5.41) is 11.6. The summed E-state index contributed by atoms with van der Waals surface area (Å²) in [6.45, 7) is 3.36. The molecule has 0 aliphatic heterocycles. The Morgan fingerprint density at radius 3 is 2.44 bits per heavy atom. The number of carbonyl (C=O) groups is 2. The van der Waals surface area contributed by atoms with Crippen LogP contribution >= 0.6 is 0 Å². The molecular weight excluding hydrogens is 230 g/mol. The Morgan fingerprint density at radius 2 is 1.89 bits per heavy atom. The molecule has 18 heavy (non-hydrogen) atoms. The summed E-state index contributed by atoms with van der Waals surface area (Å²) in [5.74, 6) is -0.612. The fourth-order valence-electron chi connectivity index (χ4n) is 2.52. The molecule has 2 atom stereocenters. The van der Waals surface area contributed by atoms with Crippen LogP contribution in [-0.2, 0) is 9.59 Å². The van der Waals surface area contributed by atoms with Crippen molar-refractivity contribution >= 4 is 11.9 Å². The van der Waals surface area contributed by atoms with Crippen LogP contribution in [0.3, 0.4) is 0 Å². The summed E-state index contributed by atoms with van der Waals surface area (Å²) in [6, 6.07) is -0.304. The van der Waals surface area contributed by atoms with Crippen molar-refractivity contribution in [2.75, 3.05) is 0 Å². The zero-order valence-electron chi connectivity index (χ0n) is 11.4. The number of amides is 1. The first-order valence-electron chi connectivity index (χ1n) is 7.03. The summed E-state index contributed by atoms with van der Waals surface area (Å²) in [5.41, 5.74) is 0. The highest BCUT2D eigenvalue weighted by Gasteiger charge is 2.21. The van der Waals surface area contributed by atoms with Crippen molar-refractivity contribution < 1.29 is 14.7 Å². The van der Waals surface area contributed by atoms with Gasteiger partial charge in [-0.3, -0.25) is 9.59 Å². The molecule has 4 heteroatoms. The van der Waals surface area contributed by atoms with E-state index in [4.69, 9.17) is 5.11 Å². The van der Waals surface area contributed by atoms with Crippen LogP contribution in [0.25, 0.3) is 0 Å². The standard InChI is InChI=1S/C14H25NO3/c1-10(14(17)18)11(2)15-13(16)9-5-8-12-6-3-4-7-12/h10-12H,3-9H2,1-2H3,(H,15,16)(H,17,18). The van der Waals surface area contributed by atoms with Crippen molar-refractivity contribution in [3.05, 3.63) is 0 Å². The van der Waals surface area contributed by atoms with Crippen LogP contribution in [0.15, 0.2) is 0 Å². The Labute approximate surface area is 109 Å². The van der Waals surface area contributed by atoms with Crippen molar-refractivity contribution in [2.45, 2.75) is 64.8 Å². The van der Waals surface area contributed by atoms with Crippen LogP contribution in [-0.4, -0.2) is 23.0 Å². The SMILES string of the molecule is CC(NC(=O)CCCC1CCCC1)C(C)C(=O)O. The van der Waals surface area contributed by atoms with E-state index in [1.165, 1.54) is 25.7 Å². The smallest absolute Gasteiger partial charge is 0.308 e. The lowest BCUT2D eigenvalue weighted by Gasteiger charge is -2.18. The van der Waals surface area contributed by atoms with Crippen molar-refractivity contribution in [1.29, 1.82) is 0 Å². The highest BCUT2D eigenvalue weighted by Crippen LogP contribution is 2.28. The number of carboxylic acids is 1. The highest BCUT2D eigenvalue weighted by atomic mass is 16.4. The second-order valence-corrected chi connectivity index (χ2v) is 5.53. The number of nitrogens with one attached hydrogen (secondary N) is 1. The molecule has 0 spiro atoms. The van der Waals surface area contributed by atoms with Gasteiger partial charge in [0.25, 0.3) is 0 Å². The van der Waals surface area contributed by atoms with Gasteiger partial charge in [0.15, 0.2) is 0 Å². The van der Waals surface area contributed by atoms with E-state index in [0.717, 1.165) is 18.8 Å². The molecule has 1 aliphatic rings. The van der Waals surface area contributed by atoms with E-state index in [1.54, 1.807) is 13.8 Å². The normalized spacial score (nSPS) is 19.4. The third kappa shape index (κ3) is 5.07. The van der Waals surface area contributed by atoms with Crippen molar-refractivity contribution in [3.63, 3.8) is 0 Å². The van der Waals surface area contributed by atoms with E-state index in [0.29, 0.717) is 6.42 Å². The molecule has 0 saturated heterocycles. The first kappa shape index (κ1) is 15.0. The van der Waals surface area contributed by atoms with E-state index in [-0.39, 0.29) is 11.9 Å². The molecule has 0 heterocycles. The van der Waals surface area contributed by atoms with Crippen LogP contribution in [0.4, 0.5) is 0 Å². The van der Waals surface area contributed by atoms with Crippen LogP contribution in [0.5, 0.6) is 0 Å². The monoisotopic (exact) mass is 255 g/mol. The average molecular weight is 255 g/mol. The van der Waals surface area contributed by atoms with Gasteiger partial charge in [0.2, 0.25) is 5.91 Å². The third-order valence-electron chi connectivity index (χ3n) is 4.02.